The van der Waals surface area contributed by atoms with Gasteiger partial charge in [-0.2, -0.15) is 0 Å². The number of methoxy groups -OCH3 is 1. The van der Waals surface area contributed by atoms with E-state index in [4.69, 9.17) is 4.74 Å². The van der Waals surface area contributed by atoms with E-state index in [1.54, 1.807) is 13.0 Å². The Hall–Kier alpha value is -2.17. The highest BCUT2D eigenvalue weighted by Gasteiger charge is 2.15. The summed E-state index contributed by atoms with van der Waals surface area (Å²) < 4.78 is 45.8. The molecule has 5 heteroatoms. The van der Waals surface area contributed by atoms with Gasteiger partial charge >= 0.3 is 0 Å². The molecule has 0 amide bonds. The molecule has 0 saturated carbocycles. The van der Waals surface area contributed by atoms with E-state index in [1.165, 1.54) is 25.3 Å². The molecule has 1 N–H and O–H groups in total. The summed E-state index contributed by atoms with van der Waals surface area (Å²) in [5.74, 6) is -1.55. The highest BCUT2D eigenvalue weighted by Crippen LogP contribution is 2.27. The topological polar surface area (TPSA) is 21.3 Å². The number of para-hydroxylation sites is 1. The maximum Gasteiger partial charge on any atom is 0.149 e. The van der Waals surface area contributed by atoms with Crippen LogP contribution in [0.3, 0.4) is 0 Å². The summed E-state index contributed by atoms with van der Waals surface area (Å²) in [4.78, 5) is 0. The van der Waals surface area contributed by atoms with Gasteiger partial charge in [0, 0.05) is 11.6 Å². The fraction of sp³-hybridized carbons (Fsp3) is 0.200. The minimum absolute atomic E-state index is 0.268. The molecule has 106 valence electrons. The van der Waals surface area contributed by atoms with Crippen molar-refractivity contribution in [2.75, 3.05) is 12.4 Å². The van der Waals surface area contributed by atoms with E-state index in [9.17, 15) is 13.2 Å². The second kappa shape index (κ2) is 5.86. The van der Waals surface area contributed by atoms with Crippen LogP contribution < -0.4 is 10.1 Å². The summed E-state index contributed by atoms with van der Waals surface area (Å²) in [7, 11) is 1.44. The quantitative estimate of drug-likeness (QED) is 0.902. The van der Waals surface area contributed by atoms with Crippen molar-refractivity contribution in [1.82, 2.24) is 0 Å². The summed E-state index contributed by atoms with van der Waals surface area (Å²) in [5, 5.41) is 2.64. The molecular weight excluding hydrogens is 267 g/mol. The lowest BCUT2D eigenvalue weighted by Crippen LogP contribution is -2.11. The standard InChI is InChI=1S/C15H14F3NO/c1-9(11-7-6-10(20-2)8-14(11)18)19-15-12(16)4-3-5-13(15)17/h3-9,19H,1-2H3. The van der Waals surface area contributed by atoms with Gasteiger partial charge in [0.25, 0.3) is 0 Å². The zero-order valence-corrected chi connectivity index (χ0v) is 11.1. The first-order chi connectivity index (χ1) is 9.52. The molecule has 0 bridgehead atoms. The Morgan fingerprint density at radius 1 is 1.00 bits per heavy atom. The van der Waals surface area contributed by atoms with Gasteiger partial charge < -0.3 is 10.1 Å². The third kappa shape index (κ3) is 2.87. The first-order valence-corrected chi connectivity index (χ1v) is 6.07. The average molecular weight is 281 g/mol. The number of rotatable bonds is 4. The van der Waals surface area contributed by atoms with Crippen LogP contribution in [0.1, 0.15) is 18.5 Å². The van der Waals surface area contributed by atoms with E-state index in [0.29, 0.717) is 11.3 Å². The van der Waals surface area contributed by atoms with Gasteiger partial charge in [-0.05, 0) is 25.1 Å². The Kier molecular flexibility index (Phi) is 4.17. The monoisotopic (exact) mass is 281 g/mol. The smallest absolute Gasteiger partial charge is 0.149 e. The molecule has 2 nitrogen and oxygen atoms in total. The number of nitrogens with one attached hydrogen (secondary N) is 1. The van der Waals surface area contributed by atoms with Gasteiger partial charge in [-0.1, -0.05) is 12.1 Å². The maximum atomic E-state index is 13.9. The van der Waals surface area contributed by atoms with Crippen LogP contribution in [0.15, 0.2) is 36.4 Å². The lowest BCUT2D eigenvalue weighted by molar-refractivity contribution is 0.410. The molecule has 1 atom stereocenters. The molecule has 2 rings (SSSR count). The van der Waals surface area contributed by atoms with Crippen molar-refractivity contribution >= 4 is 5.69 Å². The lowest BCUT2D eigenvalue weighted by atomic mass is 10.1. The van der Waals surface area contributed by atoms with Crippen LogP contribution in [0.2, 0.25) is 0 Å². The Bertz CT molecular complexity index is 596. The van der Waals surface area contributed by atoms with Crippen LogP contribution in [-0.2, 0) is 0 Å². The van der Waals surface area contributed by atoms with Crippen LogP contribution in [0.4, 0.5) is 18.9 Å². The molecule has 0 saturated heterocycles. The number of ether oxygens (including phenoxy) is 1. The molecule has 0 aliphatic rings. The molecule has 0 spiro atoms. The second-order valence-corrected chi connectivity index (χ2v) is 4.35. The van der Waals surface area contributed by atoms with Gasteiger partial charge in [0.05, 0.1) is 13.2 Å². The van der Waals surface area contributed by atoms with Gasteiger partial charge in [-0.25, -0.2) is 13.2 Å². The number of benzene rings is 2. The molecule has 0 fully saturated rings. The molecule has 2 aromatic rings. The highest BCUT2D eigenvalue weighted by atomic mass is 19.1. The number of halogens is 3. The summed E-state index contributed by atoms with van der Waals surface area (Å²) in [5.41, 5.74) is 0.0312. The summed E-state index contributed by atoms with van der Waals surface area (Å²) in [6.45, 7) is 1.62. The largest absolute Gasteiger partial charge is 0.497 e. The highest BCUT2D eigenvalue weighted by molar-refractivity contribution is 5.48. The van der Waals surface area contributed by atoms with E-state index >= 15 is 0 Å². The molecule has 0 aliphatic carbocycles. The van der Waals surface area contributed by atoms with Crippen molar-refractivity contribution in [3.63, 3.8) is 0 Å². The van der Waals surface area contributed by atoms with Crippen molar-refractivity contribution in [2.24, 2.45) is 0 Å². The molecule has 0 heterocycles. The van der Waals surface area contributed by atoms with Gasteiger partial charge in [-0.15, -0.1) is 0 Å². The van der Waals surface area contributed by atoms with Crippen molar-refractivity contribution in [1.29, 1.82) is 0 Å². The normalized spacial score (nSPS) is 12.1. The van der Waals surface area contributed by atoms with E-state index in [0.717, 1.165) is 12.1 Å². The van der Waals surface area contributed by atoms with Crippen LogP contribution >= 0.6 is 0 Å². The number of hydrogen-bond acceptors (Lipinski definition) is 2. The Labute approximate surface area is 115 Å². The SMILES string of the molecule is COc1ccc(C(C)Nc2c(F)cccc2F)c(F)c1. The summed E-state index contributed by atoms with van der Waals surface area (Å²) in [6, 6.07) is 7.30. The maximum absolute atomic E-state index is 13.9. The minimum atomic E-state index is -0.717. The molecule has 0 aliphatic heterocycles. The molecule has 20 heavy (non-hydrogen) atoms. The predicted molar refractivity (Wildman–Crippen MR) is 71.3 cm³/mol. The molecular formula is C15H14F3NO. The second-order valence-electron chi connectivity index (χ2n) is 4.35. The first kappa shape index (κ1) is 14.2. The van der Waals surface area contributed by atoms with Crippen LogP contribution in [0, 0.1) is 17.5 Å². The van der Waals surface area contributed by atoms with Crippen molar-refractivity contribution < 1.29 is 17.9 Å². The van der Waals surface area contributed by atoms with E-state index in [-0.39, 0.29) is 5.69 Å². The summed E-state index contributed by atoms with van der Waals surface area (Å²) in [6.07, 6.45) is 0. The fourth-order valence-corrected chi connectivity index (χ4v) is 1.92. The third-order valence-corrected chi connectivity index (χ3v) is 3.00. The van der Waals surface area contributed by atoms with E-state index < -0.39 is 23.5 Å². The molecule has 2 aromatic carbocycles. The minimum Gasteiger partial charge on any atom is -0.497 e. The third-order valence-electron chi connectivity index (χ3n) is 3.00. The van der Waals surface area contributed by atoms with E-state index in [1.807, 2.05) is 0 Å². The van der Waals surface area contributed by atoms with Crippen LogP contribution in [-0.4, -0.2) is 7.11 Å². The zero-order chi connectivity index (χ0) is 14.7. The molecule has 0 aromatic heterocycles. The zero-order valence-electron chi connectivity index (χ0n) is 11.1. The predicted octanol–water partition coefficient (Wildman–Crippen LogP) is 4.29. The van der Waals surface area contributed by atoms with Crippen molar-refractivity contribution in [3.8, 4) is 5.75 Å². The lowest BCUT2D eigenvalue weighted by Gasteiger charge is -2.17. The summed E-state index contributed by atoms with van der Waals surface area (Å²) >= 11 is 0. The van der Waals surface area contributed by atoms with Crippen molar-refractivity contribution in [3.05, 3.63) is 59.4 Å². The first-order valence-electron chi connectivity index (χ1n) is 6.07. The molecule has 1 unspecified atom stereocenters. The van der Waals surface area contributed by atoms with Crippen LogP contribution in [0.25, 0.3) is 0 Å². The average Bonchev–Trinajstić information content (AvgIpc) is 2.42. The fourth-order valence-electron chi connectivity index (χ4n) is 1.92. The number of hydrogen-bond donors (Lipinski definition) is 1. The van der Waals surface area contributed by atoms with Gasteiger partial charge in [-0.3, -0.25) is 0 Å². The van der Waals surface area contributed by atoms with Gasteiger partial charge in [0.2, 0.25) is 0 Å². The van der Waals surface area contributed by atoms with Crippen LogP contribution in [0.5, 0.6) is 5.75 Å². The number of anilines is 1. The Morgan fingerprint density at radius 2 is 1.65 bits per heavy atom. The Balaban J connectivity index is 2.26. The van der Waals surface area contributed by atoms with Gasteiger partial charge in [0.15, 0.2) is 0 Å². The van der Waals surface area contributed by atoms with Crippen molar-refractivity contribution in [2.45, 2.75) is 13.0 Å². The molecule has 0 radical (unpaired) electrons. The van der Waals surface area contributed by atoms with E-state index in [2.05, 4.69) is 5.32 Å². The Morgan fingerprint density at radius 3 is 2.20 bits per heavy atom. The van der Waals surface area contributed by atoms with Gasteiger partial charge in [0.1, 0.15) is 28.9 Å².